The van der Waals surface area contributed by atoms with E-state index in [1.165, 1.54) is 0 Å². The molecule has 0 aliphatic rings. The Morgan fingerprint density at radius 2 is 1.41 bits per heavy atom. The molecular formula is C14H13N3. The van der Waals surface area contributed by atoms with Crippen molar-refractivity contribution < 1.29 is 0 Å². The second kappa shape index (κ2) is 3.70. The van der Waals surface area contributed by atoms with E-state index in [-0.39, 0.29) is 0 Å². The summed E-state index contributed by atoms with van der Waals surface area (Å²) in [6, 6.07) is 14.0. The second-order valence-corrected chi connectivity index (χ2v) is 4.25. The van der Waals surface area contributed by atoms with Crippen LogP contribution in [0.25, 0.3) is 22.1 Å². The van der Waals surface area contributed by atoms with Gasteiger partial charge in [-0.15, -0.1) is 0 Å². The fourth-order valence-corrected chi connectivity index (χ4v) is 1.99. The van der Waals surface area contributed by atoms with Crippen molar-refractivity contribution in [1.82, 2.24) is 9.97 Å². The van der Waals surface area contributed by atoms with Gasteiger partial charge in [-0.25, -0.2) is 9.97 Å². The Balaban J connectivity index is 2.43. The Labute approximate surface area is 99.7 Å². The zero-order valence-electron chi connectivity index (χ0n) is 9.88. The topological polar surface area (TPSA) is 29.0 Å². The minimum atomic E-state index is 0.939. The lowest BCUT2D eigenvalue weighted by Crippen LogP contribution is -2.09. The monoisotopic (exact) mass is 223 g/mol. The number of hydrogen-bond donors (Lipinski definition) is 0. The van der Waals surface area contributed by atoms with Gasteiger partial charge in [0.1, 0.15) is 5.52 Å². The molecule has 0 saturated heterocycles. The molecule has 0 radical (unpaired) electrons. The number of rotatable bonds is 1. The van der Waals surface area contributed by atoms with Crippen LogP contribution in [0.2, 0.25) is 0 Å². The molecular weight excluding hydrogens is 210 g/mol. The molecule has 0 spiro atoms. The Morgan fingerprint density at radius 1 is 0.765 bits per heavy atom. The SMILES string of the molecule is CN(C)c1cccc2nc3ccccc3nc12. The Morgan fingerprint density at radius 3 is 2.12 bits per heavy atom. The molecule has 0 saturated carbocycles. The summed E-state index contributed by atoms with van der Waals surface area (Å²) in [5, 5.41) is 0. The van der Waals surface area contributed by atoms with Crippen LogP contribution in [0.15, 0.2) is 42.5 Å². The highest BCUT2D eigenvalue weighted by Crippen LogP contribution is 2.24. The number of hydrogen-bond acceptors (Lipinski definition) is 3. The van der Waals surface area contributed by atoms with Crippen LogP contribution in [0.5, 0.6) is 0 Å². The van der Waals surface area contributed by atoms with E-state index in [1.54, 1.807) is 0 Å². The van der Waals surface area contributed by atoms with Crippen molar-refractivity contribution in [3.8, 4) is 0 Å². The molecule has 0 unspecified atom stereocenters. The van der Waals surface area contributed by atoms with Gasteiger partial charge in [0.25, 0.3) is 0 Å². The number of anilines is 1. The van der Waals surface area contributed by atoms with Crippen molar-refractivity contribution in [3.63, 3.8) is 0 Å². The van der Waals surface area contributed by atoms with Crippen LogP contribution in [0.4, 0.5) is 5.69 Å². The van der Waals surface area contributed by atoms with Gasteiger partial charge in [-0.05, 0) is 24.3 Å². The first-order valence-corrected chi connectivity index (χ1v) is 5.58. The first-order valence-electron chi connectivity index (χ1n) is 5.58. The van der Waals surface area contributed by atoms with Gasteiger partial charge in [0.15, 0.2) is 0 Å². The molecule has 0 bridgehead atoms. The van der Waals surface area contributed by atoms with E-state index in [0.717, 1.165) is 27.8 Å². The van der Waals surface area contributed by atoms with Crippen LogP contribution in [0, 0.1) is 0 Å². The van der Waals surface area contributed by atoms with E-state index >= 15 is 0 Å². The summed E-state index contributed by atoms with van der Waals surface area (Å²) in [6.45, 7) is 0. The molecule has 84 valence electrons. The minimum Gasteiger partial charge on any atom is -0.376 e. The Hall–Kier alpha value is -2.16. The van der Waals surface area contributed by atoms with E-state index in [1.807, 2.05) is 50.5 Å². The van der Waals surface area contributed by atoms with Gasteiger partial charge in [0.05, 0.1) is 22.2 Å². The molecule has 0 aliphatic carbocycles. The summed E-state index contributed by atoms with van der Waals surface area (Å²) in [7, 11) is 4.04. The predicted molar refractivity (Wildman–Crippen MR) is 71.4 cm³/mol. The largest absolute Gasteiger partial charge is 0.376 e. The first kappa shape index (κ1) is 10.0. The second-order valence-electron chi connectivity index (χ2n) is 4.25. The van der Waals surface area contributed by atoms with Crippen LogP contribution in [-0.4, -0.2) is 24.1 Å². The predicted octanol–water partition coefficient (Wildman–Crippen LogP) is 2.85. The summed E-state index contributed by atoms with van der Waals surface area (Å²) < 4.78 is 0. The van der Waals surface area contributed by atoms with Gasteiger partial charge in [0, 0.05) is 14.1 Å². The van der Waals surface area contributed by atoms with Crippen LogP contribution >= 0.6 is 0 Å². The van der Waals surface area contributed by atoms with Crippen LogP contribution in [-0.2, 0) is 0 Å². The van der Waals surface area contributed by atoms with Gasteiger partial charge in [-0.2, -0.15) is 0 Å². The molecule has 1 heterocycles. The van der Waals surface area contributed by atoms with Crippen molar-refractivity contribution >= 4 is 27.8 Å². The fourth-order valence-electron chi connectivity index (χ4n) is 1.99. The van der Waals surface area contributed by atoms with Crippen molar-refractivity contribution in [2.24, 2.45) is 0 Å². The van der Waals surface area contributed by atoms with E-state index < -0.39 is 0 Å². The zero-order valence-corrected chi connectivity index (χ0v) is 9.88. The first-order chi connectivity index (χ1) is 8.25. The molecule has 0 aliphatic heterocycles. The quantitative estimate of drug-likeness (QED) is 0.594. The number of nitrogens with zero attached hydrogens (tertiary/aromatic N) is 3. The molecule has 0 N–H and O–H groups in total. The molecule has 0 amide bonds. The van der Waals surface area contributed by atoms with E-state index in [4.69, 9.17) is 4.98 Å². The van der Waals surface area contributed by atoms with Crippen molar-refractivity contribution in [2.45, 2.75) is 0 Å². The lowest BCUT2D eigenvalue weighted by molar-refractivity contribution is 1.13. The number of benzene rings is 2. The number of aromatic nitrogens is 2. The minimum absolute atomic E-state index is 0.939. The summed E-state index contributed by atoms with van der Waals surface area (Å²) in [6.07, 6.45) is 0. The van der Waals surface area contributed by atoms with Crippen LogP contribution in [0.1, 0.15) is 0 Å². The van der Waals surface area contributed by atoms with Gasteiger partial charge in [-0.3, -0.25) is 0 Å². The maximum absolute atomic E-state index is 4.69. The van der Waals surface area contributed by atoms with Gasteiger partial charge >= 0.3 is 0 Å². The molecule has 0 atom stereocenters. The third-order valence-electron chi connectivity index (χ3n) is 2.83. The Kier molecular flexibility index (Phi) is 2.18. The molecule has 3 rings (SSSR count). The smallest absolute Gasteiger partial charge is 0.113 e. The summed E-state index contributed by atoms with van der Waals surface area (Å²) in [5.41, 5.74) is 4.87. The number of fused-ring (bicyclic) bond motifs is 2. The normalized spacial score (nSPS) is 10.9. The zero-order chi connectivity index (χ0) is 11.8. The number of para-hydroxylation sites is 3. The maximum Gasteiger partial charge on any atom is 0.113 e. The summed E-state index contributed by atoms with van der Waals surface area (Å²) in [5.74, 6) is 0. The van der Waals surface area contributed by atoms with Crippen molar-refractivity contribution in [2.75, 3.05) is 19.0 Å². The van der Waals surface area contributed by atoms with Crippen molar-refractivity contribution in [1.29, 1.82) is 0 Å². The maximum atomic E-state index is 4.69. The lowest BCUT2D eigenvalue weighted by Gasteiger charge is -2.14. The van der Waals surface area contributed by atoms with Crippen LogP contribution < -0.4 is 4.90 Å². The van der Waals surface area contributed by atoms with Gasteiger partial charge in [-0.1, -0.05) is 18.2 Å². The highest BCUT2D eigenvalue weighted by Gasteiger charge is 2.06. The summed E-state index contributed by atoms with van der Waals surface area (Å²) in [4.78, 5) is 11.4. The standard InChI is InChI=1S/C14H13N3/c1-17(2)13-9-5-8-12-14(13)16-11-7-4-3-6-10(11)15-12/h3-9H,1-2H3. The van der Waals surface area contributed by atoms with Gasteiger partial charge < -0.3 is 4.90 Å². The van der Waals surface area contributed by atoms with Crippen molar-refractivity contribution in [3.05, 3.63) is 42.5 Å². The van der Waals surface area contributed by atoms with E-state index in [2.05, 4.69) is 16.0 Å². The fraction of sp³-hybridized carbons (Fsp3) is 0.143. The van der Waals surface area contributed by atoms with Gasteiger partial charge in [0.2, 0.25) is 0 Å². The molecule has 3 nitrogen and oxygen atoms in total. The third-order valence-corrected chi connectivity index (χ3v) is 2.83. The highest BCUT2D eigenvalue weighted by molar-refractivity contribution is 5.93. The van der Waals surface area contributed by atoms with E-state index in [0.29, 0.717) is 0 Å². The molecule has 3 heteroatoms. The summed E-state index contributed by atoms with van der Waals surface area (Å²) >= 11 is 0. The van der Waals surface area contributed by atoms with Crippen LogP contribution in [0.3, 0.4) is 0 Å². The molecule has 1 aromatic heterocycles. The molecule has 17 heavy (non-hydrogen) atoms. The molecule has 0 fully saturated rings. The highest BCUT2D eigenvalue weighted by atomic mass is 15.1. The third kappa shape index (κ3) is 1.60. The van der Waals surface area contributed by atoms with E-state index in [9.17, 15) is 0 Å². The molecule has 2 aromatic carbocycles. The average Bonchev–Trinajstić information content (AvgIpc) is 2.35. The average molecular weight is 223 g/mol. The lowest BCUT2D eigenvalue weighted by atomic mass is 10.2. The molecule has 3 aromatic rings. The Bertz CT molecular complexity index is 689.